The maximum Gasteiger partial charge on any atom is 0.250 e. The summed E-state index contributed by atoms with van der Waals surface area (Å²) >= 11 is 1.75. The molecule has 5 heteroatoms. The average molecular weight is 318 g/mol. The van der Waals surface area contributed by atoms with Gasteiger partial charge in [0.05, 0.1) is 6.04 Å². The molecule has 2 rings (SSSR count). The zero-order chi connectivity index (χ0) is 15.9. The van der Waals surface area contributed by atoms with Crippen molar-refractivity contribution < 1.29 is 9.90 Å². The van der Waals surface area contributed by atoms with Gasteiger partial charge in [0.25, 0.3) is 0 Å². The minimum absolute atomic E-state index is 0.254. The zero-order valence-electron chi connectivity index (χ0n) is 12.9. The first-order valence-corrected chi connectivity index (χ1v) is 8.27. The fourth-order valence-corrected chi connectivity index (χ4v) is 3.09. The van der Waals surface area contributed by atoms with Gasteiger partial charge in [-0.05, 0) is 42.0 Å². The highest BCUT2D eigenvalue weighted by molar-refractivity contribution is 7.10. The Hall–Kier alpha value is -1.85. The minimum Gasteiger partial charge on any atom is -0.387 e. The Labute approximate surface area is 135 Å². The number of hydrogen-bond donors (Lipinski definition) is 3. The maximum absolute atomic E-state index is 11.3. The van der Waals surface area contributed by atoms with E-state index in [0.717, 1.165) is 12.1 Å². The van der Waals surface area contributed by atoms with Crippen LogP contribution in [0, 0.1) is 5.92 Å². The van der Waals surface area contributed by atoms with E-state index in [4.69, 9.17) is 5.11 Å². The molecule has 0 saturated carbocycles. The first-order valence-electron chi connectivity index (χ1n) is 7.39. The summed E-state index contributed by atoms with van der Waals surface area (Å²) in [6.07, 6.45) is 1.04. The molecule has 118 valence electrons. The first kappa shape index (κ1) is 16.5. The lowest BCUT2D eigenvalue weighted by atomic mass is 10.0. The van der Waals surface area contributed by atoms with Gasteiger partial charge in [0.1, 0.15) is 6.61 Å². The number of anilines is 2. The number of benzene rings is 1. The molecule has 0 aliphatic rings. The molecule has 1 unspecified atom stereocenters. The van der Waals surface area contributed by atoms with Crippen LogP contribution in [0.1, 0.15) is 31.2 Å². The molecule has 0 fully saturated rings. The van der Waals surface area contributed by atoms with Crippen LogP contribution in [0.25, 0.3) is 0 Å². The summed E-state index contributed by atoms with van der Waals surface area (Å²) in [6.45, 7) is 3.91. The van der Waals surface area contributed by atoms with Crippen molar-refractivity contribution in [2.75, 3.05) is 17.2 Å². The fourth-order valence-electron chi connectivity index (χ4n) is 2.30. The van der Waals surface area contributed by atoms with Crippen LogP contribution < -0.4 is 10.6 Å². The van der Waals surface area contributed by atoms with Crippen molar-refractivity contribution >= 4 is 28.6 Å². The number of thiophene rings is 1. The largest absolute Gasteiger partial charge is 0.387 e. The van der Waals surface area contributed by atoms with Crippen LogP contribution in [0.5, 0.6) is 0 Å². The molecule has 22 heavy (non-hydrogen) atoms. The third kappa shape index (κ3) is 4.86. The summed E-state index contributed by atoms with van der Waals surface area (Å²) in [5, 5.41) is 17.1. The van der Waals surface area contributed by atoms with Crippen LogP contribution >= 0.6 is 11.3 Å². The molecule has 1 heterocycles. The van der Waals surface area contributed by atoms with Gasteiger partial charge in [0.2, 0.25) is 5.91 Å². The second-order valence-corrected chi connectivity index (χ2v) is 6.61. The summed E-state index contributed by atoms with van der Waals surface area (Å²) in [6, 6.07) is 12.0. The first-order chi connectivity index (χ1) is 10.6. The van der Waals surface area contributed by atoms with E-state index < -0.39 is 12.5 Å². The third-order valence-electron chi connectivity index (χ3n) is 3.22. The topological polar surface area (TPSA) is 61.4 Å². The molecule has 1 aromatic heterocycles. The van der Waals surface area contributed by atoms with Gasteiger partial charge >= 0.3 is 0 Å². The van der Waals surface area contributed by atoms with E-state index in [0.29, 0.717) is 11.6 Å². The van der Waals surface area contributed by atoms with Crippen LogP contribution in [-0.4, -0.2) is 17.6 Å². The van der Waals surface area contributed by atoms with E-state index in [9.17, 15) is 4.79 Å². The minimum atomic E-state index is -0.511. The summed E-state index contributed by atoms with van der Waals surface area (Å²) in [5.41, 5.74) is 1.63. The smallest absolute Gasteiger partial charge is 0.250 e. The Balaban J connectivity index is 2.12. The Morgan fingerprint density at radius 3 is 2.64 bits per heavy atom. The SMILES string of the molecule is CC(C)CC(Nc1cccc(NC(=O)CO)c1)c1cccs1. The van der Waals surface area contributed by atoms with Crippen molar-refractivity contribution in [3.63, 3.8) is 0 Å². The molecule has 1 atom stereocenters. The molecular formula is C17H22N2O2S. The predicted octanol–water partition coefficient (Wildman–Crippen LogP) is 3.88. The monoisotopic (exact) mass is 318 g/mol. The van der Waals surface area contributed by atoms with Gasteiger partial charge < -0.3 is 15.7 Å². The predicted molar refractivity (Wildman–Crippen MR) is 92.3 cm³/mol. The van der Waals surface area contributed by atoms with Gasteiger partial charge in [-0.25, -0.2) is 0 Å². The van der Waals surface area contributed by atoms with Crippen molar-refractivity contribution in [1.82, 2.24) is 0 Å². The molecule has 1 aromatic carbocycles. The number of aliphatic hydroxyl groups excluding tert-OH is 1. The van der Waals surface area contributed by atoms with Crippen molar-refractivity contribution in [2.24, 2.45) is 5.92 Å². The van der Waals surface area contributed by atoms with Crippen LogP contribution in [0.15, 0.2) is 41.8 Å². The molecule has 1 amide bonds. The highest BCUT2D eigenvalue weighted by Crippen LogP contribution is 2.29. The lowest BCUT2D eigenvalue weighted by Crippen LogP contribution is -2.16. The van der Waals surface area contributed by atoms with E-state index in [1.54, 1.807) is 17.4 Å². The van der Waals surface area contributed by atoms with E-state index in [2.05, 4.69) is 42.0 Å². The normalized spacial score (nSPS) is 12.2. The van der Waals surface area contributed by atoms with Crippen LogP contribution in [0.2, 0.25) is 0 Å². The number of amides is 1. The Kier molecular flexibility index (Phi) is 5.98. The number of hydrogen-bond acceptors (Lipinski definition) is 4. The van der Waals surface area contributed by atoms with Gasteiger partial charge in [0, 0.05) is 16.3 Å². The molecular weight excluding hydrogens is 296 g/mol. The maximum atomic E-state index is 11.3. The molecule has 0 spiro atoms. The summed E-state index contributed by atoms with van der Waals surface area (Å²) in [7, 11) is 0. The summed E-state index contributed by atoms with van der Waals surface area (Å²) < 4.78 is 0. The summed E-state index contributed by atoms with van der Waals surface area (Å²) in [5.74, 6) is 0.172. The Bertz CT molecular complexity index is 596. The van der Waals surface area contributed by atoms with Crippen molar-refractivity contribution in [2.45, 2.75) is 26.3 Å². The molecule has 0 aliphatic carbocycles. The molecule has 0 bridgehead atoms. The highest BCUT2D eigenvalue weighted by atomic mass is 32.1. The Morgan fingerprint density at radius 2 is 2.00 bits per heavy atom. The van der Waals surface area contributed by atoms with E-state index in [1.165, 1.54) is 4.88 Å². The van der Waals surface area contributed by atoms with Gasteiger partial charge in [-0.1, -0.05) is 26.0 Å². The number of aliphatic hydroxyl groups is 1. The molecule has 3 N–H and O–H groups in total. The van der Waals surface area contributed by atoms with Gasteiger partial charge in [-0.3, -0.25) is 4.79 Å². The van der Waals surface area contributed by atoms with Gasteiger partial charge in [-0.2, -0.15) is 0 Å². The lowest BCUT2D eigenvalue weighted by molar-refractivity contribution is -0.118. The van der Waals surface area contributed by atoms with Crippen LogP contribution in [-0.2, 0) is 4.79 Å². The molecule has 4 nitrogen and oxygen atoms in total. The van der Waals surface area contributed by atoms with Crippen molar-refractivity contribution in [3.8, 4) is 0 Å². The second kappa shape index (κ2) is 7.96. The quantitative estimate of drug-likeness (QED) is 0.726. The van der Waals surface area contributed by atoms with Crippen LogP contribution in [0.3, 0.4) is 0 Å². The number of carbonyl (C=O) groups is 1. The van der Waals surface area contributed by atoms with Crippen LogP contribution in [0.4, 0.5) is 11.4 Å². The summed E-state index contributed by atoms with van der Waals surface area (Å²) in [4.78, 5) is 12.6. The number of rotatable bonds is 7. The molecule has 0 radical (unpaired) electrons. The standard InChI is InChI=1S/C17H22N2O2S/c1-12(2)9-15(16-7-4-8-22-16)18-13-5-3-6-14(10-13)19-17(21)11-20/h3-8,10,12,15,18,20H,9,11H2,1-2H3,(H,19,21). The third-order valence-corrected chi connectivity index (χ3v) is 4.21. The van der Waals surface area contributed by atoms with E-state index >= 15 is 0 Å². The van der Waals surface area contributed by atoms with Crippen molar-refractivity contribution in [3.05, 3.63) is 46.7 Å². The molecule has 0 aliphatic heterocycles. The average Bonchev–Trinajstić information content (AvgIpc) is 3.00. The van der Waals surface area contributed by atoms with Gasteiger partial charge in [0.15, 0.2) is 0 Å². The van der Waals surface area contributed by atoms with Crippen molar-refractivity contribution in [1.29, 1.82) is 0 Å². The van der Waals surface area contributed by atoms with E-state index in [1.807, 2.05) is 18.2 Å². The Morgan fingerprint density at radius 1 is 1.23 bits per heavy atom. The van der Waals surface area contributed by atoms with Gasteiger partial charge in [-0.15, -0.1) is 11.3 Å². The zero-order valence-corrected chi connectivity index (χ0v) is 13.7. The molecule has 0 saturated heterocycles. The molecule has 2 aromatic rings. The number of carbonyl (C=O) groups excluding carboxylic acids is 1. The number of nitrogens with one attached hydrogen (secondary N) is 2. The lowest BCUT2D eigenvalue weighted by Gasteiger charge is -2.21. The van der Waals surface area contributed by atoms with E-state index in [-0.39, 0.29) is 6.04 Å². The highest BCUT2D eigenvalue weighted by Gasteiger charge is 2.14. The fraction of sp³-hybridized carbons (Fsp3) is 0.353. The second-order valence-electron chi connectivity index (χ2n) is 5.63.